The number of aryl methyl sites for hydroxylation is 2. The van der Waals surface area contributed by atoms with Crippen LogP contribution in [0.2, 0.25) is 0 Å². The number of rotatable bonds is 6. The smallest absolute Gasteiger partial charge is 0.0541 e. The first kappa shape index (κ1) is 30.9. The van der Waals surface area contributed by atoms with E-state index in [2.05, 4.69) is 216 Å². The van der Waals surface area contributed by atoms with Crippen LogP contribution in [0.5, 0.6) is 0 Å². The van der Waals surface area contributed by atoms with Crippen LogP contribution < -0.4 is 4.90 Å². The van der Waals surface area contributed by atoms with E-state index in [-0.39, 0.29) is 0 Å². The molecule has 0 atom stereocenters. The van der Waals surface area contributed by atoms with E-state index in [1.807, 2.05) is 0 Å². The molecule has 0 aliphatic carbocycles. The third-order valence-electron chi connectivity index (χ3n) is 10.5. The zero-order valence-electron chi connectivity index (χ0n) is 29.7. The first-order valence-electron chi connectivity index (χ1n) is 18.3. The minimum atomic E-state index is 1.11. The number of nitrogens with zero attached hydrogens (tertiary/aromatic N) is 3. The van der Waals surface area contributed by atoms with Crippen molar-refractivity contribution >= 4 is 60.7 Å². The molecular weight excluding hydrogens is 643 g/mol. The zero-order valence-corrected chi connectivity index (χ0v) is 29.7. The maximum absolute atomic E-state index is 2.41. The second kappa shape index (κ2) is 12.4. The van der Waals surface area contributed by atoms with Gasteiger partial charge in [-0.3, -0.25) is 0 Å². The Morgan fingerprint density at radius 3 is 1.32 bits per heavy atom. The highest BCUT2D eigenvalue weighted by molar-refractivity contribution is 6.12. The summed E-state index contributed by atoms with van der Waals surface area (Å²) < 4.78 is 4.82. The van der Waals surface area contributed by atoms with Crippen LogP contribution in [0.15, 0.2) is 188 Å². The van der Waals surface area contributed by atoms with Gasteiger partial charge in [-0.25, -0.2) is 0 Å². The van der Waals surface area contributed by atoms with E-state index in [4.69, 9.17) is 0 Å². The van der Waals surface area contributed by atoms with Gasteiger partial charge in [-0.05, 0) is 127 Å². The number of fused-ring (bicyclic) bond motifs is 6. The molecule has 3 heteroatoms. The number of para-hydroxylation sites is 4. The Bertz CT molecular complexity index is 2910. The Morgan fingerprint density at radius 1 is 0.321 bits per heavy atom. The zero-order chi connectivity index (χ0) is 35.5. The molecule has 0 spiro atoms. The summed E-state index contributed by atoms with van der Waals surface area (Å²) in [5.74, 6) is 0. The fraction of sp³-hybridized carbons (Fsp3) is 0.0400. The monoisotopic (exact) mass is 679 g/mol. The van der Waals surface area contributed by atoms with E-state index in [9.17, 15) is 0 Å². The van der Waals surface area contributed by atoms with E-state index in [1.165, 1.54) is 71.6 Å². The molecule has 0 saturated heterocycles. The van der Waals surface area contributed by atoms with Crippen LogP contribution in [0, 0.1) is 13.8 Å². The third-order valence-corrected chi connectivity index (χ3v) is 10.5. The van der Waals surface area contributed by atoms with Gasteiger partial charge in [0, 0.05) is 50.0 Å². The number of hydrogen-bond acceptors (Lipinski definition) is 1. The van der Waals surface area contributed by atoms with Gasteiger partial charge in [-0.15, -0.1) is 0 Å². The first-order valence-corrected chi connectivity index (χ1v) is 18.3. The molecule has 3 nitrogen and oxygen atoms in total. The molecule has 2 aromatic heterocycles. The summed E-state index contributed by atoms with van der Waals surface area (Å²) in [6.07, 6.45) is 0. The predicted molar refractivity (Wildman–Crippen MR) is 225 cm³/mol. The van der Waals surface area contributed by atoms with Gasteiger partial charge in [-0.2, -0.15) is 0 Å². The molecular formula is C50H37N3. The van der Waals surface area contributed by atoms with Crippen molar-refractivity contribution in [2.24, 2.45) is 0 Å². The molecule has 0 amide bonds. The van der Waals surface area contributed by atoms with Gasteiger partial charge in [0.25, 0.3) is 0 Å². The molecule has 0 N–H and O–H groups in total. The van der Waals surface area contributed by atoms with Crippen molar-refractivity contribution in [1.29, 1.82) is 0 Å². The molecule has 0 aliphatic rings. The number of anilines is 3. The summed E-state index contributed by atoms with van der Waals surface area (Å²) >= 11 is 0. The molecule has 0 fully saturated rings. The molecule has 10 aromatic rings. The Kier molecular flexibility index (Phi) is 7.26. The van der Waals surface area contributed by atoms with Crippen molar-refractivity contribution in [3.05, 3.63) is 199 Å². The van der Waals surface area contributed by atoms with Crippen LogP contribution in [0.25, 0.3) is 66.1 Å². The highest BCUT2D eigenvalue weighted by atomic mass is 15.1. The highest BCUT2D eigenvalue weighted by Gasteiger charge is 2.18. The van der Waals surface area contributed by atoms with Gasteiger partial charge in [0.2, 0.25) is 0 Å². The van der Waals surface area contributed by atoms with Crippen molar-refractivity contribution in [2.45, 2.75) is 13.8 Å². The lowest BCUT2D eigenvalue weighted by Gasteiger charge is -2.26. The molecule has 2 heterocycles. The van der Waals surface area contributed by atoms with Gasteiger partial charge < -0.3 is 14.0 Å². The van der Waals surface area contributed by atoms with E-state index in [1.54, 1.807) is 0 Å². The van der Waals surface area contributed by atoms with E-state index in [0.29, 0.717) is 0 Å². The first-order chi connectivity index (χ1) is 26.1. The van der Waals surface area contributed by atoms with Crippen LogP contribution in [0.4, 0.5) is 17.1 Å². The van der Waals surface area contributed by atoms with Gasteiger partial charge in [0.15, 0.2) is 0 Å². The van der Waals surface area contributed by atoms with E-state index in [0.717, 1.165) is 22.7 Å². The lowest BCUT2D eigenvalue weighted by atomic mass is 10.0. The SMILES string of the molecule is Cc1cc(C)cc(-n2c3ccccc3c3cc(-c4ccc5c(c4)c4ccccc4n5-c4cccc(N(c5ccccc5)c5ccccc5)c4)ccc32)c1. The summed E-state index contributed by atoms with van der Waals surface area (Å²) in [7, 11) is 0. The third kappa shape index (κ3) is 5.20. The lowest BCUT2D eigenvalue weighted by molar-refractivity contribution is 1.16. The number of aromatic nitrogens is 2. The highest BCUT2D eigenvalue weighted by Crippen LogP contribution is 2.40. The van der Waals surface area contributed by atoms with Crippen LogP contribution in [-0.4, -0.2) is 9.13 Å². The summed E-state index contributed by atoms with van der Waals surface area (Å²) in [6, 6.07) is 68.4. The van der Waals surface area contributed by atoms with Crippen LogP contribution in [0.3, 0.4) is 0 Å². The summed E-state index contributed by atoms with van der Waals surface area (Å²) in [4.78, 5) is 2.32. The minimum absolute atomic E-state index is 1.11. The number of benzene rings is 8. The van der Waals surface area contributed by atoms with Gasteiger partial charge in [0.05, 0.1) is 22.1 Å². The van der Waals surface area contributed by atoms with Crippen molar-refractivity contribution in [1.82, 2.24) is 9.13 Å². The predicted octanol–water partition coefficient (Wildman–Crippen LogP) is 13.6. The molecule has 0 bridgehead atoms. The molecule has 10 rings (SSSR count). The molecule has 0 aliphatic heterocycles. The second-order valence-corrected chi connectivity index (χ2v) is 14.0. The lowest BCUT2D eigenvalue weighted by Crippen LogP contribution is -2.10. The fourth-order valence-electron chi connectivity index (χ4n) is 8.31. The molecule has 8 aromatic carbocycles. The molecule has 252 valence electrons. The standard InChI is InChI=1S/C50H37N3/c1-34-28-35(2)30-42(29-34)53-48-23-12-10-21-44(48)46-32-37(25-27-50(46)53)36-24-26-49-45(31-36)43-20-9-11-22-47(43)52(49)41-19-13-18-40(33-41)51(38-14-5-3-6-15-38)39-16-7-4-8-17-39/h3-33H,1-2H3. The second-order valence-electron chi connectivity index (χ2n) is 14.0. The van der Waals surface area contributed by atoms with Gasteiger partial charge in [0.1, 0.15) is 0 Å². The number of hydrogen-bond donors (Lipinski definition) is 0. The summed E-state index contributed by atoms with van der Waals surface area (Å²) in [6.45, 7) is 4.35. The van der Waals surface area contributed by atoms with Crippen LogP contribution in [0.1, 0.15) is 11.1 Å². The van der Waals surface area contributed by atoms with E-state index >= 15 is 0 Å². The fourth-order valence-corrected chi connectivity index (χ4v) is 8.31. The minimum Gasteiger partial charge on any atom is -0.310 e. The summed E-state index contributed by atoms with van der Waals surface area (Å²) in [5, 5.41) is 5.01. The molecule has 0 radical (unpaired) electrons. The quantitative estimate of drug-likeness (QED) is 0.170. The van der Waals surface area contributed by atoms with Crippen molar-refractivity contribution in [3.63, 3.8) is 0 Å². The Morgan fingerprint density at radius 2 is 0.774 bits per heavy atom. The van der Waals surface area contributed by atoms with Crippen LogP contribution in [-0.2, 0) is 0 Å². The molecule has 0 unspecified atom stereocenters. The molecule has 0 saturated carbocycles. The normalized spacial score (nSPS) is 11.6. The van der Waals surface area contributed by atoms with Crippen molar-refractivity contribution < 1.29 is 0 Å². The van der Waals surface area contributed by atoms with Crippen LogP contribution >= 0.6 is 0 Å². The van der Waals surface area contributed by atoms with Crippen molar-refractivity contribution in [3.8, 4) is 22.5 Å². The Labute approximate surface area is 309 Å². The van der Waals surface area contributed by atoms with E-state index < -0.39 is 0 Å². The maximum Gasteiger partial charge on any atom is 0.0541 e. The average Bonchev–Trinajstić information content (AvgIpc) is 3.71. The summed E-state index contributed by atoms with van der Waals surface area (Å²) in [5.41, 5.74) is 15.5. The Balaban J connectivity index is 1.12. The topological polar surface area (TPSA) is 13.1 Å². The van der Waals surface area contributed by atoms with Gasteiger partial charge in [-0.1, -0.05) is 97.1 Å². The molecule has 53 heavy (non-hydrogen) atoms. The Hall–Kier alpha value is -6.84. The maximum atomic E-state index is 2.41. The van der Waals surface area contributed by atoms with Crippen molar-refractivity contribution in [2.75, 3.05) is 4.90 Å². The van der Waals surface area contributed by atoms with Gasteiger partial charge >= 0.3 is 0 Å². The average molecular weight is 680 g/mol. The largest absolute Gasteiger partial charge is 0.310 e.